The Morgan fingerprint density at radius 2 is 2.16 bits per heavy atom. The zero-order chi connectivity index (χ0) is 17.1. The summed E-state index contributed by atoms with van der Waals surface area (Å²) in [4.78, 5) is 14.6. The molecule has 7 heteroatoms. The Balaban J connectivity index is 1.53. The van der Waals surface area contributed by atoms with Crippen LogP contribution in [0.3, 0.4) is 0 Å². The van der Waals surface area contributed by atoms with Crippen molar-refractivity contribution in [3.05, 3.63) is 42.6 Å². The van der Waals surface area contributed by atoms with Crippen molar-refractivity contribution >= 4 is 5.95 Å². The lowest BCUT2D eigenvalue weighted by Crippen LogP contribution is -2.57. The Kier molecular flexibility index (Phi) is 4.48. The first-order chi connectivity index (χ1) is 12.3. The van der Waals surface area contributed by atoms with Gasteiger partial charge in [0.05, 0.1) is 25.1 Å². The van der Waals surface area contributed by atoms with E-state index in [0.717, 1.165) is 39.0 Å². The number of anilines is 1. The van der Waals surface area contributed by atoms with E-state index in [1.807, 2.05) is 18.2 Å². The largest absolute Gasteiger partial charge is 0.477 e. The van der Waals surface area contributed by atoms with Crippen LogP contribution < -0.4 is 9.64 Å². The number of piperidine rings is 1. The van der Waals surface area contributed by atoms with E-state index in [4.69, 9.17) is 9.47 Å². The van der Waals surface area contributed by atoms with Gasteiger partial charge in [-0.2, -0.15) is 0 Å². The molecule has 2 atom stereocenters. The molecule has 0 aliphatic carbocycles. The molecule has 2 aromatic rings. The molecule has 0 bridgehead atoms. The number of rotatable bonds is 4. The molecule has 0 N–H and O–H groups in total. The number of halogens is 1. The number of pyridine rings is 1. The molecule has 2 aromatic heterocycles. The van der Waals surface area contributed by atoms with Gasteiger partial charge in [-0.25, -0.2) is 19.3 Å². The summed E-state index contributed by atoms with van der Waals surface area (Å²) >= 11 is 0. The fourth-order valence-corrected chi connectivity index (χ4v) is 3.79. The van der Waals surface area contributed by atoms with Crippen molar-refractivity contribution in [3.8, 4) is 5.88 Å². The first-order valence-electron chi connectivity index (χ1n) is 8.63. The van der Waals surface area contributed by atoms with Crippen LogP contribution in [-0.4, -0.2) is 47.4 Å². The third kappa shape index (κ3) is 3.42. The molecule has 0 spiro atoms. The van der Waals surface area contributed by atoms with Gasteiger partial charge in [0.2, 0.25) is 11.8 Å². The van der Waals surface area contributed by atoms with Gasteiger partial charge in [-0.3, -0.25) is 0 Å². The highest BCUT2D eigenvalue weighted by Crippen LogP contribution is 2.41. The molecule has 0 radical (unpaired) electrons. The summed E-state index contributed by atoms with van der Waals surface area (Å²) in [5.74, 6) is 0.756. The molecule has 4 heterocycles. The molecule has 6 nitrogen and oxygen atoms in total. The molecular formula is C18H21FN4O2. The zero-order valence-electron chi connectivity index (χ0n) is 14.0. The number of aromatic nitrogens is 3. The molecule has 2 aliphatic rings. The molecule has 25 heavy (non-hydrogen) atoms. The van der Waals surface area contributed by atoms with Crippen molar-refractivity contribution in [2.45, 2.75) is 25.4 Å². The summed E-state index contributed by atoms with van der Waals surface area (Å²) in [6.07, 6.45) is 7.20. The van der Waals surface area contributed by atoms with Crippen LogP contribution in [0.25, 0.3) is 0 Å². The lowest BCUT2D eigenvalue weighted by Gasteiger charge is -2.50. The monoisotopic (exact) mass is 344 g/mol. The second-order valence-corrected chi connectivity index (χ2v) is 6.69. The number of hydrogen-bond acceptors (Lipinski definition) is 6. The van der Waals surface area contributed by atoms with Crippen molar-refractivity contribution in [2.75, 3.05) is 31.2 Å². The minimum Gasteiger partial charge on any atom is -0.477 e. The Morgan fingerprint density at radius 1 is 1.28 bits per heavy atom. The van der Waals surface area contributed by atoms with Crippen LogP contribution in [0.2, 0.25) is 0 Å². The van der Waals surface area contributed by atoms with Crippen LogP contribution >= 0.6 is 0 Å². The van der Waals surface area contributed by atoms with Crippen molar-refractivity contribution in [2.24, 2.45) is 5.41 Å². The SMILES string of the molecule is Fc1cnc(N2CC[C@@H]3OCCC[C@@]3(COc3ccccn3)C2)nc1. The van der Waals surface area contributed by atoms with Crippen LogP contribution in [0.4, 0.5) is 10.3 Å². The summed E-state index contributed by atoms with van der Waals surface area (Å²) in [7, 11) is 0. The van der Waals surface area contributed by atoms with E-state index in [1.54, 1.807) is 6.20 Å². The van der Waals surface area contributed by atoms with Gasteiger partial charge in [0.25, 0.3) is 0 Å². The normalized spacial score (nSPS) is 26.1. The van der Waals surface area contributed by atoms with Crippen molar-refractivity contribution in [1.82, 2.24) is 15.0 Å². The molecule has 0 unspecified atom stereocenters. The summed E-state index contributed by atoms with van der Waals surface area (Å²) in [5, 5.41) is 0. The van der Waals surface area contributed by atoms with E-state index in [-0.39, 0.29) is 11.5 Å². The van der Waals surface area contributed by atoms with Gasteiger partial charge in [0.15, 0.2) is 5.82 Å². The molecule has 2 fully saturated rings. The third-order valence-corrected chi connectivity index (χ3v) is 5.02. The lowest BCUT2D eigenvalue weighted by molar-refractivity contribution is -0.110. The van der Waals surface area contributed by atoms with Gasteiger partial charge in [0.1, 0.15) is 0 Å². The molecule has 0 amide bonds. The summed E-state index contributed by atoms with van der Waals surface area (Å²) < 4.78 is 25.2. The highest BCUT2D eigenvalue weighted by molar-refractivity contribution is 5.31. The van der Waals surface area contributed by atoms with Crippen molar-refractivity contribution in [3.63, 3.8) is 0 Å². The predicted octanol–water partition coefficient (Wildman–Crippen LogP) is 2.47. The average Bonchev–Trinajstić information content (AvgIpc) is 2.67. The standard InChI is InChI=1S/C18H21FN4O2/c19-14-10-21-17(22-11-14)23-8-5-15-18(12-23,6-3-9-24-15)13-25-16-4-1-2-7-20-16/h1-2,4,7,10-11,15H,3,5-6,8-9,12-13H2/t15-,18-/m0/s1. The van der Waals surface area contributed by atoms with E-state index < -0.39 is 5.82 Å². The topological polar surface area (TPSA) is 60.4 Å². The number of hydrogen-bond donors (Lipinski definition) is 0. The van der Waals surface area contributed by atoms with E-state index in [1.165, 1.54) is 12.4 Å². The summed E-state index contributed by atoms with van der Waals surface area (Å²) in [6, 6.07) is 5.64. The van der Waals surface area contributed by atoms with Crippen LogP contribution in [0.1, 0.15) is 19.3 Å². The maximum absolute atomic E-state index is 13.1. The minimum atomic E-state index is -0.423. The summed E-state index contributed by atoms with van der Waals surface area (Å²) in [5.41, 5.74) is -0.133. The van der Waals surface area contributed by atoms with Crippen LogP contribution in [0.15, 0.2) is 36.8 Å². The lowest BCUT2D eigenvalue weighted by atomic mass is 9.73. The molecule has 0 aromatic carbocycles. The molecule has 2 saturated heterocycles. The fraction of sp³-hybridized carbons (Fsp3) is 0.500. The Labute approximate surface area is 146 Å². The first-order valence-corrected chi connectivity index (χ1v) is 8.63. The van der Waals surface area contributed by atoms with Crippen LogP contribution in [0, 0.1) is 11.2 Å². The van der Waals surface area contributed by atoms with E-state index in [9.17, 15) is 4.39 Å². The Hall–Kier alpha value is -2.28. The van der Waals surface area contributed by atoms with Gasteiger partial charge in [0, 0.05) is 37.4 Å². The molecule has 4 rings (SSSR count). The Bertz CT molecular complexity index is 700. The highest BCUT2D eigenvalue weighted by Gasteiger charge is 2.47. The fourth-order valence-electron chi connectivity index (χ4n) is 3.79. The number of nitrogens with zero attached hydrogens (tertiary/aromatic N) is 4. The van der Waals surface area contributed by atoms with Gasteiger partial charge >= 0.3 is 0 Å². The van der Waals surface area contributed by atoms with Gasteiger partial charge < -0.3 is 14.4 Å². The predicted molar refractivity (Wildman–Crippen MR) is 90.0 cm³/mol. The average molecular weight is 344 g/mol. The molecule has 2 aliphatic heterocycles. The maximum Gasteiger partial charge on any atom is 0.225 e. The second-order valence-electron chi connectivity index (χ2n) is 6.69. The van der Waals surface area contributed by atoms with E-state index >= 15 is 0 Å². The first kappa shape index (κ1) is 16.2. The van der Waals surface area contributed by atoms with E-state index in [2.05, 4.69) is 19.9 Å². The van der Waals surface area contributed by atoms with Crippen molar-refractivity contribution in [1.29, 1.82) is 0 Å². The van der Waals surface area contributed by atoms with Gasteiger partial charge in [-0.05, 0) is 25.3 Å². The number of fused-ring (bicyclic) bond motifs is 1. The van der Waals surface area contributed by atoms with Crippen molar-refractivity contribution < 1.29 is 13.9 Å². The quantitative estimate of drug-likeness (QED) is 0.849. The van der Waals surface area contributed by atoms with Crippen LogP contribution in [-0.2, 0) is 4.74 Å². The molecule has 0 saturated carbocycles. The smallest absolute Gasteiger partial charge is 0.225 e. The number of ether oxygens (including phenoxy) is 2. The maximum atomic E-state index is 13.1. The molecular weight excluding hydrogens is 323 g/mol. The summed E-state index contributed by atoms with van der Waals surface area (Å²) in [6.45, 7) is 2.85. The Morgan fingerprint density at radius 3 is 2.96 bits per heavy atom. The zero-order valence-corrected chi connectivity index (χ0v) is 14.0. The van der Waals surface area contributed by atoms with Gasteiger partial charge in [-0.1, -0.05) is 6.07 Å². The molecule has 132 valence electrons. The minimum absolute atomic E-state index is 0.133. The van der Waals surface area contributed by atoms with Gasteiger partial charge in [-0.15, -0.1) is 0 Å². The van der Waals surface area contributed by atoms with E-state index in [0.29, 0.717) is 18.4 Å². The van der Waals surface area contributed by atoms with Crippen LogP contribution in [0.5, 0.6) is 5.88 Å². The highest BCUT2D eigenvalue weighted by atomic mass is 19.1. The second kappa shape index (κ2) is 6.92. The third-order valence-electron chi connectivity index (χ3n) is 5.02.